The summed E-state index contributed by atoms with van der Waals surface area (Å²) < 4.78 is 33.5. The Kier molecular flexibility index (Phi) is 5.24. The zero-order valence-corrected chi connectivity index (χ0v) is 15.5. The van der Waals surface area contributed by atoms with Gasteiger partial charge in [0.25, 0.3) is 0 Å². The van der Waals surface area contributed by atoms with Crippen LogP contribution in [0.15, 0.2) is 47.6 Å². The van der Waals surface area contributed by atoms with Crippen molar-refractivity contribution in [3.8, 4) is 5.75 Å². The first-order valence-electron chi connectivity index (χ1n) is 8.31. The average Bonchev–Trinajstić information content (AvgIpc) is 3.12. The zero-order chi connectivity index (χ0) is 18.7. The van der Waals surface area contributed by atoms with Gasteiger partial charge in [0.05, 0.1) is 13.2 Å². The van der Waals surface area contributed by atoms with Gasteiger partial charge in [-0.05, 0) is 48.7 Å². The van der Waals surface area contributed by atoms with Crippen molar-refractivity contribution in [2.45, 2.75) is 30.7 Å². The lowest BCUT2D eigenvalue weighted by atomic mass is 10.1. The van der Waals surface area contributed by atoms with Gasteiger partial charge in [-0.3, -0.25) is 9.78 Å². The van der Waals surface area contributed by atoms with E-state index in [1.165, 1.54) is 24.4 Å². The van der Waals surface area contributed by atoms with E-state index >= 15 is 0 Å². The van der Waals surface area contributed by atoms with Gasteiger partial charge in [-0.1, -0.05) is 0 Å². The molecular weight excluding hydrogens is 354 g/mol. The van der Waals surface area contributed by atoms with Crippen LogP contribution in [0.4, 0.5) is 5.69 Å². The lowest BCUT2D eigenvalue weighted by Crippen LogP contribution is -2.31. The molecule has 1 aliphatic rings. The predicted octanol–water partition coefficient (Wildman–Crippen LogP) is 2.57. The number of hydrogen-bond donors (Lipinski definition) is 1. The molecular formula is C18H21N3O4S. The number of benzene rings is 1. The summed E-state index contributed by atoms with van der Waals surface area (Å²) in [6, 6.07) is 8.04. The Hall–Kier alpha value is -2.45. The molecule has 3 rings (SSSR count). The average molecular weight is 375 g/mol. The van der Waals surface area contributed by atoms with E-state index in [1.807, 2.05) is 12.1 Å². The van der Waals surface area contributed by atoms with Crippen molar-refractivity contribution in [3.63, 3.8) is 0 Å². The van der Waals surface area contributed by atoms with Crippen LogP contribution in [0.25, 0.3) is 0 Å². The maximum Gasteiger partial charge on any atom is 0.247 e. The number of nitrogens with one attached hydrogen (secondary N) is 1. The van der Waals surface area contributed by atoms with Crippen LogP contribution in [0.1, 0.15) is 31.4 Å². The first-order chi connectivity index (χ1) is 12.4. The highest BCUT2D eigenvalue weighted by molar-refractivity contribution is 7.89. The summed E-state index contributed by atoms with van der Waals surface area (Å²) in [6.45, 7) is 1.81. The quantitative estimate of drug-likeness (QED) is 0.868. The molecule has 0 unspecified atom stereocenters. The highest BCUT2D eigenvalue weighted by atomic mass is 32.2. The first kappa shape index (κ1) is 18.3. The highest BCUT2D eigenvalue weighted by Crippen LogP contribution is 2.39. The lowest BCUT2D eigenvalue weighted by Gasteiger charge is -2.25. The van der Waals surface area contributed by atoms with Crippen molar-refractivity contribution in [1.29, 1.82) is 0 Å². The molecule has 2 heterocycles. The lowest BCUT2D eigenvalue weighted by molar-refractivity contribution is -0.114. The van der Waals surface area contributed by atoms with E-state index in [0.717, 1.165) is 18.4 Å². The van der Waals surface area contributed by atoms with E-state index in [1.54, 1.807) is 24.5 Å². The van der Waals surface area contributed by atoms with Crippen LogP contribution in [0, 0.1) is 0 Å². The van der Waals surface area contributed by atoms with Gasteiger partial charge in [0.1, 0.15) is 10.6 Å². The summed E-state index contributed by atoms with van der Waals surface area (Å²) in [5.41, 5.74) is 1.33. The second-order valence-corrected chi connectivity index (χ2v) is 7.96. The van der Waals surface area contributed by atoms with Gasteiger partial charge >= 0.3 is 0 Å². The Labute approximate surface area is 153 Å². The fourth-order valence-corrected chi connectivity index (χ4v) is 5.10. The molecule has 1 atom stereocenters. The molecule has 8 heteroatoms. The van der Waals surface area contributed by atoms with Gasteiger partial charge in [-0.2, -0.15) is 4.31 Å². The third kappa shape index (κ3) is 3.56. The van der Waals surface area contributed by atoms with Crippen LogP contribution in [0.5, 0.6) is 5.75 Å². The Morgan fingerprint density at radius 3 is 2.65 bits per heavy atom. The van der Waals surface area contributed by atoms with Gasteiger partial charge in [0, 0.05) is 31.5 Å². The van der Waals surface area contributed by atoms with Crippen LogP contribution < -0.4 is 10.1 Å². The monoisotopic (exact) mass is 375 g/mol. The minimum atomic E-state index is -3.80. The standard InChI is InChI=1S/C18H21N3O4S/c1-13(22)20-15-5-6-17(25-2)18(12-15)26(23,24)21-11-3-4-16(21)14-7-9-19-10-8-14/h5-10,12,16H,3-4,11H2,1-2H3,(H,20,22)/t16-/m1/s1. The van der Waals surface area contributed by atoms with Crippen molar-refractivity contribution < 1.29 is 17.9 Å². The van der Waals surface area contributed by atoms with E-state index in [2.05, 4.69) is 10.3 Å². The molecule has 1 aromatic heterocycles. The second kappa shape index (κ2) is 7.43. The molecule has 1 aliphatic heterocycles. The number of nitrogens with zero attached hydrogens (tertiary/aromatic N) is 2. The third-order valence-corrected chi connectivity index (χ3v) is 6.29. The first-order valence-corrected chi connectivity index (χ1v) is 9.75. The van der Waals surface area contributed by atoms with Gasteiger partial charge in [0.2, 0.25) is 15.9 Å². The molecule has 1 fully saturated rings. The number of anilines is 1. The highest BCUT2D eigenvalue weighted by Gasteiger charge is 2.37. The van der Waals surface area contributed by atoms with Crippen molar-refractivity contribution >= 4 is 21.6 Å². The summed E-state index contributed by atoms with van der Waals surface area (Å²) in [5.74, 6) is -0.0196. The van der Waals surface area contributed by atoms with Gasteiger partial charge in [0.15, 0.2) is 0 Å². The molecule has 0 aliphatic carbocycles. The molecule has 138 valence electrons. The minimum absolute atomic E-state index is 0.0483. The molecule has 1 aromatic carbocycles. The number of rotatable bonds is 5. The summed E-state index contributed by atoms with van der Waals surface area (Å²) in [5, 5.41) is 2.62. The van der Waals surface area contributed by atoms with E-state index in [0.29, 0.717) is 12.2 Å². The predicted molar refractivity (Wildman–Crippen MR) is 97.4 cm³/mol. The number of hydrogen-bond acceptors (Lipinski definition) is 5. The van der Waals surface area contributed by atoms with Crippen molar-refractivity contribution in [1.82, 2.24) is 9.29 Å². The largest absolute Gasteiger partial charge is 0.495 e. The van der Waals surface area contributed by atoms with Crippen molar-refractivity contribution in [2.75, 3.05) is 19.0 Å². The Balaban J connectivity index is 2.02. The Bertz CT molecular complexity index is 900. The fraction of sp³-hybridized carbons (Fsp3) is 0.333. The van der Waals surface area contributed by atoms with E-state index < -0.39 is 10.0 Å². The molecule has 0 radical (unpaired) electrons. The van der Waals surface area contributed by atoms with Crippen LogP contribution in [0.3, 0.4) is 0 Å². The van der Waals surface area contributed by atoms with Crippen LogP contribution in [-0.4, -0.2) is 37.3 Å². The second-order valence-electron chi connectivity index (χ2n) is 6.10. The molecule has 0 bridgehead atoms. The SMILES string of the molecule is COc1ccc(NC(C)=O)cc1S(=O)(=O)N1CCC[C@@H]1c1ccncc1. The third-order valence-electron chi connectivity index (χ3n) is 4.37. The molecule has 0 spiro atoms. The number of aromatic nitrogens is 1. The smallest absolute Gasteiger partial charge is 0.247 e. The van der Waals surface area contributed by atoms with E-state index in [4.69, 9.17) is 4.74 Å². The number of carbonyl (C=O) groups is 1. The van der Waals surface area contributed by atoms with E-state index in [9.17, 15) is 13.2 Å². The van der Waals surface area contributed by atoms with Gasteiger partial charge < -0.3 is 10.1 Å². The normalized spacial score (nSPS) is 17.8. The minimum Gasteiger partial charge on any atom is -0.495 e. The molecule has 1 saturated heterocycles. The number of carbonyl (C=O) groups excluding carboxylic acids is 1. The molecule has 0 saturated carbocycles. The van der Waals surface area contributed by atoms with Crippen LogP contribution in [0.2, 0.25) is 0 Å². The fourth-order valence-electron chi connectivity index (χ4n) is 3.23. The van der Waals surface area contributed by atoms with Crippen LogP contribution in [-0.2, 0) is 14.8 Å². The summed E-state index contributed by atoms with van der Waals surface area (Å²) in [4.78, 5) is 15.4. The summed E-state index contributed by atoms with van der Waals surface area (Å²) >= 11 is 0. The summed E-state index contributed by atoms with van der Waals surface area (Å²) in [6.07, 6.45) is 4.85. The Morgan fingerprint density at radius 1 is 1.27 bits per heavy atom. The molecule has 1 N–H and O–H groups in total. The van der Waals surface area contributed by atoms with Crippen molar-refractivity contribution in [2.24, 2.45) is 0 Å². The molecule has 1 amide bonds. The topological polar surface area (TPSA) is 88.6 Å². The van der Waals surface area contributed by atoms with Crippen LogP contribution >= 0.6 is 0 Å². The zero-order valence-electron chi connectivity index (χ0n) is 14.7. The van der Waals surface area contributed by atoms with Crippen molar-refractivity contribution in [3.05, 3.63) is 48.3 Å². The number of ether oxygens (including phenoxy) is 1. The molecule has 2 aromatic rings. The van der Waals surface area contributed by atoms with Gasteiger partial charge in [-0.25, -0.2) is 8.42 Å². The Morgan fingerprint density at radius 2 is 2.00 bits per heavy atom. The summed E-state index contributed by atoms with van der Waals surface area (Å²) in [7, 11) is -2.37. The maximum absolute atomic E-state index is 13.4. The molecule has 7 nitrogen and oxygen atoms in total. The molecule has 26 heavy (non-hydrogen) atoms. The van der Waals surface area contributed by atoms with E-state index in [-0.39, 0.29) is 22.6 Å². The van der Waals surface area contributed by atoms with Gasteiger partial charge in [-0.15, -0.1) is 0 Å². The maximum atomic E-state index is 13.4. The number of sulfonamides is 1. The number of amides is 1. The number of pyridine rings is 1. The number of methoxy groups -OCH3 is 1.